The number of amides is 1. The fourth-order valence-corrected chi connectivity index (χ4v) is 1.93. The SMILES string of the molecule is CNC1CCCN(C(C)C(C)C)C1=O. The summed E-state index contributed by atoms with van der Waals surface area (Å²) in [5.41, 5.74) is 0. The van der Waals surface area contributed by atoms with Crippen molar-refractivity contribution in [2.45, 2.75) is 45.7 Å². The maximum atomic E-state index is 12.0. The van der Waals surface area contributed by atoms with Gasteiger partial charge in [0, 0.05) is 12.6 Å². The molecule has 1 aliphatic rings. The average Bonchev–Trinajstić information content (AvgIpc) is 2.17. The zero-order valence-corrected chi connectivity index (χ0v) is 9.71. The first kappa shape index (κ1) is 11.5. The molecule has 1 aliphatic heterocycles. The fourth-order valence-electron chi connectivity index (χ4n) is 1.93. The molecule has 1 heterocycles. The van der Waals surface area contributed by atoms with Crippen molar-refractivity contribution in [3.8, 4) is 0 Å². The molecule has 0 aromatic rings. The molecule has 0 aromatic carbocycles. The van der Waals surface area contributed by atoms with Crippen molar-refractivity contribution in [3.05, 3.63) is 0 Å². The van der Waals surface area contributed by atoms with Gasteiger partial charge in [-0.15, -0.1) is 0 Å². The van der Waals surface area contributed by atoms with Gasteiger partial charge in [0.15, 0.2) is 0 Å². The molecule has 14 heavy (non-hydrogen) atoms. The average molecular weight is 198 g/mol. The van der Waals surface area contributed by atoms with Crippen molar-refractivity contribution < 1.29 is 4.79 Å². The standard InChI is InChI=1S/C11H22N2O/c1-8(2)9(3)13-7-5-6-10(12-4)11(13)14/h8-10,12H,5-7H2,1-4H3. The van der Waals surface area contributed by atoms with Crippen molar-refractivity contribution in [1.29, 1.82) is 0 Å². The highest BCUT2D eigenvalue weighted by Crippen LogP contribution is 2.18. The predicted molar refractivity (Wildman–Crippen MR) is 58.1 cm³/mol. The van der Waals surface area contributed by atoms with Gasteiger partial charge in [0.1, 0.15) is 0 Å². The van der Waals surface area contributed by atoms with Gasteiger partial charge in [0.25, 0.3) is 0 Å². The summed E-state index contributed by atoms with van der Waals surface area (Å²) in [5, 5.41) is 3.09. The second kappa shape index (κ2) is 4.78. The quantitative estimate of drug-likeness (QED) is 0.740. The second-order valence-corrected chi connectivity index (χ2v) is 4.50. The molecule has 82 valence electrons. The molecule has 0 saturated carbocycles. The summed E-state index contributed by atoms with van der Waals surface area (Å²) in [4.78, 5) is 14.0. The maximum Gasteiger partial charge on any atom is 0.239 e. The highest BCUT2D eigenvalue weighted by Gasteiger charge is 2.31. The van der Waals surface area contributed by atoms with E-state index in [0.29, 0.717) is 12.0 Å². The summed E-state index contributed by atoms with van der Waals surface area (Å²) < 4.78 is 0. The summed E-state index contributed by atoms with van der Waals surface area (Å²) in [6, 6.07) is 0.406. The summed E-state index contributed by atoms with van der Waals surface area (Å²) in [6.07, 6.45) is 2.10. The number of hydrogen-bond acceptors (Lipinski definition) is 2. The Kier molecular flexibility index (Phi) is 3.93. The van der Waals surface area contributed by atoms with Gasteiger partial charge in [-0.3, -0.25) is 4.79 Å². The van der Waals surface area contributed by atoms with E-state index in [1.807, 2.05) is 11.9 Å². The monoisotopic (exact) mass is 198 g/mol. The highest BCUT2D eigenvalue weighted by atomic mass is 16.2. The zero-order chi connectivity index (χ0) is 10.7. The Balaban J connectivity index is 2.64. The van der Waals surface area contributed by atoms with E-state index in [4.69, 9.17) is 0 Å². The molecule has 2 atom stereocenters. The number of nitrogens with zero attached hydrogens (tertiary/aromatic N) is 1. The Hall–Kier alpha value is -0.570. The first-order valence-electron chi connectivity index (χ1n) is 5.55. The normalized spacial score (nSPS) is 25.6. The van der Waals surface area contributed by atoms with Gasteiger partial charge in [-0.1, -0.05) is 13.8 Å². The Bertz CT molecular complexity index is 203. The van der Waals surface area contributed by atoms with Crippen LogP contribution in [0.2, 0.25) is 0 Å². The van der Waals surface area contributed by atoms with Crippen LogP contribution in [0.5, 0.6) is 0 Å². The number of piperidine rings is 1. The number of likely N-dealkylation sites (N-methyl/N-ethyl adjacent to an activating group) is 1. The Morgan fingerprint density at radius 3 is 2.57 bits per heavy atom. The van der Waals surface area contributed by atoms with E-state index in [9.17, 15) is 4.79 Å². The van der Waals surface area contributed by atoms with Crippen molar-refractivity contribution in [2.24, 2.45) is 5.92 Å². The number of carbonyl (C=O) groups excluding carboxylic acids is 1. The van der Waals surface area contributed by atoms with E-state index >= 15 is 0 Å². The molecule has 0 spiro atoms. The van der Waals surface area contributed by atoms with E-state index in [-0.39, 0.29) is 11.9 Å². The number of likely N-dealkylation sites (tertiary alicyclic amines) is 1. The molecule has 1 rings (SSSR count). The number of rotatable bonds is 3. The third kappa shape index (κ3) is 2.27. The van der Waals surface area contributed by atoms with Gasteiger partial charge in [-0.05, 0) is 32.7 Å². The molecule has 1 amide bonds. The summed E-state index contributed by atoms with van der Waals surface area (Å²) in [6.45, 7) is 7.40. The lowest BCUT2D eigenvalue weighted by Gasteiger charge is -2.38. The van der Waals surface area contributed by atoms with E-state index in [2.05, 4.69) is 26.1 Å². The molecule has 2 unspecified atom stereocenters. The van der Waals surface area contributed by atoms with Gasteiger partial charge in [0.05, 0.1) is 6.04 Å². The summed E-state index contributed by atoms with van der Waals surface area (Å²) in [5.74, 6) is 0.814. The molecule has 3 heteroatoms. The second-order valence-electron chi connectivity index (χ2n) is 4.50. The molecule has 0 bridgehead atoms. The van der Waals surface area contributed by atoms with Crippen LogP contribution in [0.25, 0.3) is 0 Å². The van der Waals surface area contributed by atoms with Crippen LogP contribution in [0.1, 0.15) is 33.6 Å². The van der Waals surface area contributed by atoms with Crippen LogP contribution < -0.4 is 5.32 Å². The van der Waals surface area contributed by atoms with Crippen molar-refractivity contribution in [1.82, 2.24) is 10.2 Å². The Morgan fingerprint density at radius 2 is 2.07 bits per heavy atom. The van der Waals surface area contributed by atoms with E-state index in [1.54, 1.807) is 0 Å². The largest absolute Gasteiger partial charge is 0.338 e. The minimum absolute atomic E-state index is 0.0462. The lowest BCUT2D eigenvalue weighted by Crippen LogP contribution is -2.53. The Labute approximate surface area is 86.9 Å². The minimum Gasteiger partial charge on any atom is -0.338 e. The Morgan fingerprint density at radius 1 is 1.43 bits per heavy atom. The summed E-state index contributed by atoms with van der Waals surface area (Å²) in [7, 11) is 1.87. The molecule has 1 saturated heterocycles. The first-order valence-corrected chi connectivity index (χ1v) is 5.55. The van der Waals surface area contributed by atoms with Gasteiger partial charge >= 0.3 is 0 Å². The molecule has 1 fully saturated rings. The lowest BCUT2D eigenvalue weighted by atomic mass is 9.98. The third-order valence-electron chi connectivity index (χ3n) is 3.28. The lowest BCUT2D eigenvalue weighted by molar-refractivity contribution is -0.138. The van der Waals surface area contributed by atoms with E-state index in [0.717, 1.165) is 19.4 Å². The van der Waals surface area contributed by atoms with Gasteiger partial charge in [-0.2, -0.15) is 0 Å². The van der Waals surface area contributed by atoms with Crippen LogP contribution in [0.3, 0.4) is 0 Å². The highest BCUT2D eigenvalue weighted by molar-refractivity contribution is 5.82. The molecule has 0 aromatic heterocycles. The van der Waals surface area contributed by atoms with E-state index in [1.165, 1.54) is 0 Å². The minimum atomic E-state index is 0.0462. The van der Waals surface area contributed by atoms with Crippen LogP contribution >= 0.6 is 0 Å². The van der Waals surface area contributed by atoms with Gasteiger partial charge < -0.3 is 10.2 Å². The zero-order valence-electron chi connectivity index (χ0n) is 9.71. The number of carbonyl (C=O) groups is 1. The molecular weight excluding hydrogens is 176 g/mol. The maximum absolute atomic E-state index is 12.0. The van der Waals surface area contributed by atoms with Crippen LogP contribution in [0.15, 0.2) is 0 Å². The summed E-state index contributed by atoms with van der Waals surface area (Å²) >= 11 is 0. The van der Waals surface area contributed by atoms with Crippen LogP contribution in [-0.2, 0) is 4.79 Å². The van der Waals surface area contributed by atoms with Gasteiger partial charge in [-0.25, -0.2) is 0 Å². The van der Waals surface area contributed by atoms with E-state index < -0.39 is 0 Å². The molecule has 3 nitrogen and oxygen atoms in total. The molecule has 1 N–H and O–H groups in total. The molecular formula is C11H22N2O. The number of hydrogen-bond donors (Lipinski definition) is 1. The predicted octanol–water partition coefficient (Wildman–Crippen LogP) is 1.24. The van der Waals surface area contributed by atoms with Crippen molar-refractivity contribution in [3.63, 3.8) is 0 Å². The van der Waals surface area contributed by atoms with Crippen molar-refractivity contribution >= 4 is 5.91 Å². The fraction of sp³-hybridized carbons (Fsp3) is 0.909. The van der Waals surface area contributed by atoms with Gasteiger partial charge in [0.2, 0.25) is 5.91 Å². The smallest absolute Gasteiger partial charge is 0.239 e. The topological polar surface area (TPSA) is 32.3 Å². The molecule has 0 radical (unpaired) electrons. The van der Waals surface area contributed by atoms with Crippen molar-refractivity contribution in [2.75, 3.05) is 13.6 Å². The molecule has 0 aliphatic carbocycles. The van der Waals surface area contributed by atoms with Crippen LogP contribution in [-0.4, -0.2) is 36.5 Å². The third-order valence-corrected chi connectivity index (χ3v) is 3.28. The first-order chi connectivity index (χ1) is 6.57. The number of nitrogens with one attached hydrogen (secondary N) is 1. The van der Waals surface area contributed by atoms with Crippen LogP contribution in [0.4, 0.5) is 0 Å². The van der Waals surface area contributed by atoms with Crippen LogP contribution in [0, 0.1) is 5.92 Å².